The molecular weight excluding hydrogens is 366 g/mol. The van der Waals surface area contributed by atoms with E-state index < -0.39 is 0 Å². The summed E-state index contributed by atoms with van der Waals surface area (Å²) in [5.41, 5.74) is 1.88. The van der Waals surface area contributed by atoms with Crippen LogP contribution in [0.3, 0.4) is 0 Å². The second-order valence-electron chi connectivity index (χ2n) is 5.23. The molecule has 0 saturated heterocycles. The first-order valence-corrected chi connectivity index (χ1v) is 8.57. The molecule has 2 rings (SSSR count). The molecule has 22 heavy (non-hydrogen) atoms. The highest BCUT2D eigenvalue weighted by Crippen LogP contribution is 2.26. The summed E-state index contributed by atoms with van der Waals surface area (Å²) in [5.74, 6) is -0.0899. The number of thioether (sulfide) groups is 1. The van der Waals surface area contributed by atoms with E-state index in [0.717, 1.165) is 15.7 Å². The fourth-order valence-corrected chi connectivity index (χ4v) is 3.27. The minimum absolute atomic E-state index is 0.0899. The number of aromatic nitrogens is 4. The Morgan fingerprint density at radius 2 is 2.09 bits per heavy atom. The van der Waals surface area contributed by atoms with Gasteiger partial charge in [-0.1, -0.05) is 17.8 Å². The van der Waals surface area contributed by atoms with Crippen molar-refractivity contribution < 1.29 is 4.79 Å². The van der Waals surface area contributed by atoms with Crippen LogP contribution in [0.25, 0.3) is 0 Å². The predicted molar refractivity (Wildman–Crippen MR) is 91.0 cm³/mol. The van der Waals surface area contributed by atoms with Crippen molar-refractivity contribution in [2.24, 2.45) is 0 Å². The third-order valence-electron chi connectivity index (χ3n) is 2.99. The molecule has 1 amide bonds. The number of carbonyl (C=O) groups is 1. The Bertz CT molecular complexity index is 673. The van der Waals surface area contributed by atoms with Gasteiger partial charge in [-0.2, -0.15) is 0 Å². The highest BCUT2D eigenvalue weighted by Gasteiger charge is 2.20. The summed E-state index contributed by atoms with van der Waals surface area (Å²) < 4.78 is 2.57. The number of nitrogens with one attached hydrogen (secondary N) is 1. The largest absolute Gasteiger partial charge is 0.324 e. The number of hydrogen-bond donors (Lipinski definition) is 1. The van der Waals surface area contributed by atoms with Crippen LogP contribution in [0.2, 0.25) is 0 Å². The molecule has 0 aliphatic carbocycles. The summed E-state index contributed by atoms with van der Waals surface area (Å²) in [7, 11) is 0. The second-order valence-corrected chi connectivity index (χ2v) is 7.39. The van der Waals surface area contributed by atoms with Gasteiger partial charge in [0, 0.05) is 4.47 Å². The van der Waals surface area contributed by atoms with E-state index >= 15 is 0 Å². The van der Waals surface area contributed by atoms with Gasteiger partial charge in [0.15, 0.2) is 0 Å². The number of aryl methyl sites for hydroxylation is 1. The van der Waals surface area contributed by atoms with Crippen LogP contribution in [-0.4, -0.2) is 31.4 Å². The lowest BCUT2D eigenvalue weighted by Gasteiger charge is -2.14. The summed E-state index contributed by atoms with van der Waals surface area (Å²) in [5, 5.41) is 14.8. The van der Waals surface area contributed by atoms with E-state index in [-0.39, 0.29) is 17.2 Å². The van der Waals surface area contributed by atoms with Gasteiger partial charge in [0.2, 0.25) is 11.1 Å². The van der Waals surface area contributed by atoms with Crippen LogP contribution in [0.15, 0.2) is 27.8 Å². The fourth-order valence-electron chi connectivity index (χ4n) is 1.75. The lowest BCUT2D eigenvalue weighted by molar-refractivity contribution is -0.115. The summed E-state index contributed by atoms with van der Waals surface area (Å²) >= 11 is 4.80. The molecule has 1 unspecified atom stereocenters. The van der Waals surface area contributed by atoms with Crippen molar-refractivity contribution >= 4 is 39.3 Å². The number of rotatable bonds is 5. The highest BCUT2D eigenvalue weighted by molar-refractivity contribution is 9.10. The molecule has 0 aliphatic heterocycles. The first kappa shape index (κ1) is 17.0. The summed E-state index contributed by atoms with van der Waals surface area (Å²) in [6.07, 6.45) is 0. The molecule has 8 heteroatoms. The van der Waals surface area contributed by atoms with E-state index in [1.165, 1.54) is 11.8 Å². The number of tetrazole rings is 1. The lowest BCUT2D eigenvalue weighted by atomic mass is 10.2. The molecule has 0 saturated carbocycles. The van der Waals surface area contributed by atoms with E-state index in [0.29, 0.717) is 5.16 Å². The van der Waals surface area contributed by atoms with E-state index in [2.05, 4.69) is 36.8 Å². The summed E-state index contributed by atoms with van der Waals surface area (Å²) in [6, 6.07) is 5.95. The molecule has 0 fully saturated rings. The quantitative estimate of drug-likeness (QED) is 0.800. The fraction of sp³-hybridized carbons (Fsp3) is 0.429. The maximum absolute atomic E-state index is 12.3. The van der Waals surface area contributed by atoms with Gasteiger partial charge in [0.05, 0.1) is 17.0 Å². The van der Waals surface area contributed by atoms with Gasteiger partial charge in [-0.15, -0.1) is 5.10 Å². The Hall–Kier alpha value is -1.41. The number of nitrogens with zero attached hydrogens (tertiary/aromatic N) is 4. The Morgan fingerprint density at radius 3 is 2.73 bits per heavy atom. The number of halogens is 1. The predicted octanol–water partition coefficient (Wildman–Crippen LogP) is 3.44. The average Bonchev–Trinajstić information content (AvgIpc) is 2.90. The van der Waals surface area contributed by atoms with Gasteiger partial charge in [-0.3, -0.25) is 4.79 Å². The van der Waals surface area contributed by atoms with Crippen LogP contribution in [0.1, 0.15) is 32.4 Å². The third kappa shape index (κ3) is 4.07. The van der Waals surface area contributed by atoms with Crippen LogP contribution >= 0.6 is 27.7 Å². The third-order valence-corrected chi connectivity index (χ3v) is 4.69. The van der Waals surface area contributed by atoms with Crippen LogP contribution in [0, 0.1) is 6.92 Å². The highest BCUT2D eigenvalue weighted by atomic mass is 79.9. The molecule has 1 heterocycles. The topological polar surface area (TPSA) is 72.7 Å². The van der Waals surface area contributed by atoms with Gasteiger partial charge in [-0.05, 0) is 71.7 Å². The standard InChI is InChI=1S/C14H18BrN5OS/c1-8(2)20-14(17-18-19-20)22-10(4)13(21)16-12-6-5-9(3)7-11(12)15/h5-8,10H,1-4H3,(H,16,21). The Labute approximate surface area is 142 Å². The van der Waals surface area contributed by atoms with Crippen molar-refractivity contribution in [2.75, 3.05) is 5.32 Å². The number of benzene rings is 1. The van der Waals surface area contributed by atoms with Crippen LogP contribution < -0.4 is 5.32 Å². The van der Waals surface area contributed by atoms with Crippen molar-refractivity contribution in [3.63, 3.8) is 0 Å². The molecule has 118 valence electrons. The number of anilines is 1. The van der Waals surface area contributed by atoms with Crippen LogP contribution in [0.5, 0.6) is 0 Å². The van der Waals surface area contributed by atoms with Crippen LogP contribution in [-0.2, 0) is 4.79 Å². The average molecular weight is 384 g/mol. The van der Waals surface area contributed by atoms with Crippen molar-refractivity contribution in [3.8, 4) is 0 Å². The van der Waals surface area contributed by atoms with E-state index in [9.17, 15) is 4.79 Å². The van der Waals surface area contributed by atoms with Gasteiger partial charge < -0.3 is 5.32 Å². The number of carbonyl (C=O) groups excluding carboxylic acids is 1. The number of amides is 1. The molecule has 0 radical (unpaired) electrons. The van der Waals surface area contributed by atoms with E-state index in [1.54, 1.807) is 4.68 Å². The summed E-state index contributed by atoms with van der Waals surface area (Å²) in [6.45, 7) is 7.82. The van der Waals surface area contributed by atoms with Gasteiger partial charge >= 0.3 is 0 Å². The molecule has 0 bridgehead atoms. The van der Waals surface area contributed by atoms with Crippen molar-refractivity contribution in [3.05, 3.63) is 28.2 Å². The minimum atomic E-state index is -0.309. The molecule has 1 atom stereocenters. The second kappa shape index (κ2) is 7.23. The molecular formula is C14H18BrN5OS. The molecule has 1 N–H and O–H groups in total. The maximum atomic E-state index is 12.3. The Morgan fingerprint density at radius 1 is 1.36 bits per heavy atom. The SMILES string of the molecule is Cc1ccc(NC(=O)C(C)Sc2nnnn2C(C)C)c(Br)c1. The van der Waals surface area contributed by atoms with Gasteiger partial charge in [-0.25, -0.2) is 4.68 Å². The van der Waals surface area contributed by atoms with E-state index in [1.807, 2.05) is 45.9 Å². The van der Waals surface area contributed by atoms with Crippen molar-refractivity contribution in [2.45, 2.75) is 44.1 Å². The minimum Gasteiger partial charge on any atom is -0.324 e. The van der Waals surface area contributed by atoms with Gasteiger partial charge in [0.25, 0.3) is 0 Å². The normalized spacial score (nSPS) is 12.5. The van der Waals surface area contributed by atoms with E-state index in [4.69, 9.17) is 0 Å². The number of hydrogen-bond acceptors (Lipinski definition) is 5. The maximum Gasteiger partial charge on any atom is 0.237 e. The van der Waals surface area contributed by atoms with Crippen molar-refractivity contribution in [1.29, 1.82) is 0 Å². The lowest BCUT2D eigenvalue weighted by Crippen LogP contribution is -2.23. The molecule has 2 aromatic rings. The van der Waals surface area contributed by atoms with Crippen molar-refractivity contribution in [1.82, 2.24) is 20.2 Å². The Balaban J connectivity index is 2.04. The monoisotopic (exact) mass is 383 g/mol. The summed E-state index contributed by atoms with van der Waals surface area (Å²) in [4.78, 5) is 12.3. The zero-order chi connectivity index (χ0) is 16.3. The molecule has 6 nitrogen and oxygen atoms in total. The van der Waals surface area contributed by atoms with Crippen LogP contribution in [0.4, 0.5) is 5.69 Å². The zero-order valence-electron chi connectivity index (χ0n) is 12.9. The smallest absolute Gasteiger partial charge is 0.237 e. The molecule has 1 aromatic carbocycles. The molecule has 0 aliphatic rings. The molecule has 1 aromatic heterocycles. The zero-order valence-corrected chi connectivity index (χ0v) is 15.3. The Kier molecular flexibility index (Phi) is 5.57. The first-order valence-electron chi connectivity index (χ1n) is 6.90. The first-order chi connectivity index (χ1) is 10.4. The van der Waals surface area contributed by atoms with Gasteiger partial charge in [0.1, 0.15) is 0 Å². The molecule has 0 spiro atoms.